The second-order valence-corrected chi connectivity index (χ2v) is 8.04. The molecule has 2 amide bonds. The lowest BCUT2D eigenvalue weighted by atomic mass is 9.88. The summed E-state index contributed by atoms with van der Waals surface area (Å²) in [7, 11) is 0. The number of amides is 2. The monoisotopic (exact) mass is 447 g/mol. The molecule has 1 fully saturated rings. The molecule has 3 aromatic carbocycles. The Bertz CT molecular complexity index is 1160. The molecule has 0 spiro atoms. The predicted octanol–water partition coefficient (Wildman–Crippen LogP) is 3.62. The lowest BCUT2D eigenvalue weighted by Gasteiger charge is -2.15. The number of carbonyl (C=O) groups is 2. The molecule has 2 atom stereocenters. The molecule has 1 aliphatic rings. The Morgan fingerprint density at radius 2 is 1.88 bits per heavy atom. The highest BCUT2D eigenvalue weighted by Crippen LogP contribution is 2.29. The number of hydrogen-bond acceptors (Lipinski definition) is 4. The number of rotatable bonds is 6. The molecule has 7 heteroatoms. The maximum absolute atomic E-state index is 12.7. The zero-order valence-electron chi connectivity index (χ0n) is 17.2. The van der Waals surface area contributed by atoms with E-state index in [1.54, 1.807) is 12.1 Å². The van der Waals surface area contributed by atoms with Gasteiger partial charge in [0.1, 0.15) is 11.7 Å². The van der Waals surface area contributed by atoms with Crippen LogP contribution in [0.1, 0.15) is 28.2 Å². The number of phenols is 1. The second-order valence-electron chi connectivity index (χ2n) is 7.64. The maximum Gasteiger partial charge on any atom is 0.253 e. The van der Waals surface area contributed by atoms with E-state index in [4.69, 9.17) is 11.6 Å². The van der Waals surface area contributed by atoms with Gasteiger partial charge in [-0.05, 0) is 41.3 Å². The summed E-state index contributed by atoms with van der Waals surface area (Å²) >= 11 is 6.24. The molecule has 1 saturated heterocycles. The number of phenolic OH excluding ortho intramolecular Hbond substituents is 1. The van der Waals surface area contributed by atoms with Crippen molar-refractivity contribution < 1.29 is 14.7 Å². The van der Waals surface area contributed by atoms with Crippen molar-refractivity contribution in [1.29, 1.82) is 0 Å². The van der Waals surface area contributed by atoms with Gasteiger partial charge in [0.05, 0.1) is 6.21 Å². The highest BCUT2D eigenvalue weighted by molar-refractivity contribution is 6.31. The van der Waals surface area contributed by atoms with Crippen molar-refractivity contribution in [3.05, 3.63) is 100 Å². The zero-order chi connectivity index (χ0) is 22.5. The molecule has 2 unspecified atom stereocenters. The Balaban J connectivity index is 1.46. The maximum atomic E-state index is 12.7. The van der Waals surface area contributed by atoms with Crippen molar-refractivity contribution in [3.8, 4) is 5.75 Å². The Morgan fingerprint density at radius 3 is 2.66 bits per heavy atom. The highest BCUT2D eigenvalue weighted by Gasteiger charge is 2.40. The van der Waals surface area contributed by atoms with Gasteiger partial charge in [-0.3, -0.25) is 9.59 Å². The minimum Gasteiger partial charge on any atom is -0.507 e. The van der Waals surface area contributed by atoms with Crippen molar-refractivity contribution >= 4 is 29.6 Å². The Labute approximate surface area is 190 Å². The SMILES string of the molecule is O=C1NCC(c2ccccc2)C1C(=O)N/N=C\c1cc(Cc2ccccc2Cl)ccc1O. The van der Waals surface area contributed by atoms with Crippen molar-refractivity contribution in [1.82, 2.24) is 10.7 Å². The highest BCUT2D eigenvalue weighted by atomic mass is 35.5. The third-order valence-corrected chi connectivity index (χ3v) is 5.88. The van der Waals surface area contributed by atoms with E-state index in [9.17, 15) is 14.7 Å². The second kappa shape index (κ2) is 9.66. The van der Waals surface area contributed by atoms with Crippen LogP contribution in [-0.2, 0) is 16.0 Å². The summed E-state index contributed by atoms with van der Waals surface area (Å²) in [6.07, 6.45) is 1.96. The van der Waals surface area contributed by atoms with Crippen LogP contribution in [0.25, 0.3) is 0 Å². The van der Waals surface area contributed by atoms with E-state index in [1.807, 2.05) is 60.7 Å². The van der Waals surface area contributed by atoms with Crippen molar-refractivity contribution in [2.45, 2.75) is 12.3 Å². The molecule has 3 aromatic rings. The van der Waals surface area contributed by atoms with Gasteiger partial charge in [0, 0.05) is 23.0 Å². The molecule has 3 N–H and O–H groups in total. The third kappa shape index (κ3) is 4.81. The summed E-state index contributed by atoms with van der Waals surface area (Å²) < 4.78 is 0. The zero-order valence-corrected chi connectivity index (χ0v) is 17.9. The van der Waals surface area contributed by atoms with Crippen LogP contribution in [0.5, 0.6) is 5.75 Å². The van der Waals surface area contributed by atoms with Gasteiger partial charge in [0.15, 0.2) is 0 Å². The van der Waals surface area contributed by atoms with Crippen LogP contribution in [-0.4, -0.2) is 29.7 Å². The van der Waals surface area contributed by atoms with Crippen molar-refractivity contribution in [2.24, 2.45) is 11.0 Å². The first-order chi connectivity index (χ1) is 15.5. The van der Waals surface area contributed by atoms with Crippen molar-refractivity contribution in [3.63, 3.8) is 0 Å². The summed E-state index contributed by atoms with van der Waals surface area (Å²) in [5, 5.41) is 17.6. The summed E-state index contributed by atoms with van der Waals surface area (Å²) in [6.45, 7) is 0.398. The van der Waals surface area contributed by atoms with Gasteiger partial charge in [-0.2, -0.15) is 5.10 Å². The number of carbonyl (C=O) groups excluding carboxylic acids is 2. The molecule has 0 bridgehead atoms. The number of nitrogens with zero attached hydrogens (tertiary/aromatic N) is 1. The fourth-order valence-corrected chi connectivity index (χ4v) is 4.05. The van der Waals surface area contributed by atoms with E-state index in [0.717, 1.165) is 16.7 Å². The summed E-state index contributed by atoms with van der Waals surface area (Å²) in [5.41, 5.74) is 5.71. The van der Waals surface area contributed by atoms with Gasteiger partial charge in [0.25, 0.3) is 5.91 Å². The quantitative estimate of drug-likeness (QED) is 0.306. The molecule has 1 heterocycles. The van der Waals surface area contributed by atoms with Gasteiger partial charge in [-0.1, -0.05) is 66.2 Å². The summed E-state index contributed by atoms with van der Waals surface area (Å²) in [4.78, 5) is 25.0. The lowest BCUT2D eigenvalue weighted by molar-refractivity contribution is -0.133. The van der Waals surface area contributed by atoms with E-state index >= 15 is 0 Å². The molecule has 6 nitrogen and oxygen atoms in total. The number of nitrogens with one attached hydrogen (secondary N) is 2. The summed E-state index contributed by atoms with van der Waals surface area (Å²) in [6, 6.07) is 22.2. The van der Waals surface area contributed by atoms with Crippen LogP contribution in [0.2, 0.25) is 5.02 Å². The number of aromatic hydroxyl groups is 1. The molecule has 162 valence electrons. The van der Waals surface area contributed by atoms with Crippen LogP contribution in [0.3, 0.4) is 0 Å². The average Bonchev–Trinajstić information content (AvgIpc) is 3.19. The van der Waals surface area contributed by atoms with E-state index < -0.39 is 11.8 Å². The Morgan fingerprint density at radius 1 is 1.12 bits per heavy atom. The lowest BCUT2D eigenvalue weighted by Crippen LogP contribution is -2.34. The van der Waals surface area contributed by atoms with Crippen LogP contribution in [0, 0.1) is 5.92 Å². The van der Waals surface area contributed by atoms with Crippen LogP contribution in [0.15, 0.2) is 77.9 Å². The molecular formula is C25H22ClN3O3. The standard InChI is InChI=1S/C25H22ClN3O3/c26-21-9-5-4-8-18(21)12-16-10-11-22(30)19(13-16)14-28-29-25(32)23-20(15-27-24(23)31)17-6-2-1-3-7-17/h1-11,13-14,20,23,30H,12,15H2,(H,27,31)(H,29,32)/b28-14-. The van der Waals surface area contributed by atoms with Gasteiger partial charge in [-0.25, -0.2) is 5.43 Å². The first-order valence-electron chi connectivity index (χ1n) is 10.2. The molecular weight excluding hydrogens is 426 g/mol. The molecule has 0 aromatic heterocycles. The van der Waals surface area contributed by atoms with Crippen LogP contribution in [0.4, 0.5) is 0 Å². The van der Waals surface area contributed by atoms with E-state index in [-0.39, 0.29) is 17.6 Å². The van der Waals surface area contributed by atoms with E-state index in [1.165, 1.54) is 6.21 Å². The Kier molecular flexibility index (Phi) is 6.52. The average molecular weight is 448 g/mol. The molecule has 4 rings (SSSR count). The molecule has 32 heavy (non-hydrogen) atoms. The van der Waals surface area contributed by atoms with E-state index in [0.29, 0.717) is 23.6 Å². The smallest absolute Gasteiger partial charge is 0.253 e. The number of hydrogen-bond donors (Lipinski definition) is 3. The number of halogens is 1. The first kappa shape index (κ1) is 21.6. The topological polar surface area (TPSA) is 90.8 Å². The first-order valence-corrected chi connectivity index (χ1v) is 10.6. The normalized spacial score (nSPS) is 18.0. The number of benzene rings is 3. The predicted molar refractivity (Wildman–Crippen MR) is 124 cm³/mol. The number of hydrazone groups is 1. The van der Waals surface area contributed by atoms with Gasteiger partial charge in [0.2, 0.25) is 5.91 Å². The van der Waals surface area contributed by atoms with E-state index in [2.05, 4.69) is 15.8 Å². The fraction of sp³-hybridized carbons (Fsp3) is 0.160. The molecule has 0 aliphatic carbocycles. The molecule has 0 radical (unpaired) electrons. The minimum absolute atomic E-state index is 0.0340. The fourth-order valence-electron chi connectivity index (χ4n) is 3.85. The Hall–Kier alpha value is -3.64. The van der Waals surface area contributed by atoms with Gasteiger partial charge >= 0.3 is 0 Å². The van der Waals surface area contributed by atoms with Crippen LogP contribution < -0.4 is 10.7 Å². The summed E-state index contributed by atoms with van der Waals surface area (Å²) in [5.74, 6) is -1.90. The molecule has 1 aliphatic heterocycles. The minimum atomic E-state index is -0.866. The van der Waals surface area contributed by atoms with Crippen molar-refractivity contribution in [2.75, 3.05) is 6.54 Å². The molecule has 0 saturated carbocycles. The van der Waals surface area contributed by atoms with Crippen LogP contribution >= 0.6 is 11.6 Å². The third-order valence-electron chi connectivity index (χ3n) is 5.51. The van der Waals surface area contributed by atoms with Gasteiger partial charge in [-0.15, -0.1) is 0 Å². The largest absolute Gasteiger partial charge is 0.507 e. The van der Waals surface area contributed by atoms with Gasteiger partial charge < -0.3 is 10.4 Å².